The van der Waals surface area contributed by atoms with Crippen LogP contribution in [0.15, 0.2) is 10.2 Å². The van der Waals surface area contributed by atoms with Gasteiger partial charge in [-0.3, -0.25) is 0 Å². The molecule has 0 aromatic carbocycles. The Balaban J connectivity index is 4.20. The predicted octanol–water partition coefficient (Wildman–Crippen LogP) is 9.46. The summed E-state index contributed by atoms with van der Waals surface area (Å²) in [5, 5.41) is 0. The first-order chi connectivity index (χ1) is 12.2. The zero-order valence-corrected chi connectivity index (χ0v) is 21.2. The van der Waals surface area contributed by atoms with Gasteiger partial charge in [0.1, 0.15) is 0 Å². The quantitative estimate of drug-likeness (QED) is 0.134. The molecule has 0 amide bonds. The van der Waals surface area contributed by atoms with Crippen molar-refractivity contribution in [1.82, 2.24) is 0 Å². The Morgan fingerprint density at radius 2 is 0.880 bits per heavy atom. The molecule has 0 atom stereocenters. The summed E-state index contributed by atoms with van der Waals surface area (Å²) >= 11 is -1.97. The molecule has 0 aliphatic heterocycles. The van der Waals surface area contributed by atoms with Gasteiger partial charge in [0.25, 0.3) is 0 Å². The molecule has 0 saturated carbocycles. The van der Waals surface area contributed by atoms with Crippen LogP contribution in [0.1, 0.15) is 124 Å². The summed E-state index contributed by atoms with van der Waals surface area (Å²) in [5.74, 6) is 0. The molecule has 0 spiro atoms. The first-order valence-electron chi connectivity index (χ1n) is 11.9. The van der Waals surface area contributed by atoms with E-state index in [1.807, 2.05) is 0 Å². The molecule has 1 heteroatoms. The van der Waals surface area contributed by atoms with Gasteiger partial charge in [-0.15, -0.1) is 0 Å². The van der Waals surface area contributed by atoms with Gasteiger partial charge in [-0.05, 0) is 0 Å². The third kappa shape index (κ3) is 15.3. The van der Waals surface area contributed by atoms with E-state index in [1.54, 1.807) is 13.3 Å². The van der Waals surface area contributed by atoms with Crippen LogP contribution in [0, 0.1) is 0 Å². The van der Waals surface area contributed by atoms with Crippen LogP contribution in [-0.2, 0) is 0 Å². The Morgan fingerprint density at radius 1 is 0.480 bits per heavy atom. The Morgan fingerprint density at radius 3 is 1.32 bits per heavy atom. The van der Waals surface area contributed by atoms with Gasteiger partial charge >= 0.3 is 166 Å². The summed E-state index contributed by atoms with van der Waals surface area (Å²) in [6, 6.07) is 0. The molecule has 0 aliphatic rings. The third-order valence-electron chi connectivity index (χ3n) is 5.78. The average molecular weight is 457 g/mol. The first-order valence-corrected chi connectivity index (χ1v) is 19.6. The van der Waals surface area contributed by atoms with Crippen LogP contribution in [0.4, 0.5) is 0 Å². The molecule has 0 N–H and O–H groups in total. The summed E-state index contributed by atoms with van der Waals surface area (Å²) in [4.78, 5) is 0. The monoisotopic (exact) mass is 458 g/mol. The van der Waals surface area contributed by atoms with Gasteiger partial charge in [0.05, 0.1) is 0 Å². The van der Waals surface area contributed by atoms with Crippen LogP contribution in [-0.4, -0.2) is 18.4 Å². The van der Waals surface area contributed by atoms with Gasteiger partial charge in [-0.25, -0.2) is 0 Å². The van der Waals surface area contributed by atoms with Crippen molar-refractivity contribution in [3.8, 4) is 0 Å². The van der Waals surface area contributed by atoms with Crippen molar-refractivity contribution in [2.75, 3.05) is 0 Å². The molecular formula is C24H50Sn. The predicted molar refractivity (Wildman–Crippen MR) is 121 cm³/mol. The average Bonchev–Trinajstić information content (AvgIpc) is 2.64. The molecule has 0 saturated heterocycles. The Kier molecular flexibility index (Phi) is 19.7. The molecule has 0 fully saturated rings. The van der Waals surface area contributed by atoms with Crippen molar-refractivity contribution in [2.45, 2.75) is 137 Å². The Labute approximate surface area is 165 Å². The van der Waals surface area contributed by atoms with E-state index in [9.17, 15) is 0 Å². The maximum absolute atomic E-state index is 2.87. The van der Waals surface area contributed by atoms with Crippen molar-refractivity contribution in [3.05, 3.63) is 10.2 Å². The second kappa shape index (κ2) is 19.3. The Bertz CT molecular complexity index is 260. The molecule has 0 nitrogen and oxygen atoms in total. The fraction of sp³-hybridized carbons (Fsp3) is 0.917. The number of hydrogen-bond donors (Lipinski definition) is 0. The van der Waals surface area contributed by atoms with Gasteiger partial charge in [0.2, 0.25) is 0 Å². The standard InChI is InChI=1S/C12H23.3C4H9.Sn/c1-3-5-7-9-11-12-10-8-6-4-2;3*1-3-4-2;/h1,3H,4-12H2,2H3;3*1,3-4H2,2H3;. The van der Waals surface area contributed by atoms with E-state index in [-0.39, 0.29) is 0 Å². The summed E-state index contributed by atoms with van der Waals surface area (Å²) in [7, 11) is 0. The van der Waals surface area contributed by atoms with Crippen molar-refractivity contribution in [1.29, 1.82) is 0 Å². The Hall–Kier alpha value is 0.539. The van der Waals surface area contributed by atoms with Crippen LogP contribution >= 0.6 is 0 Å². The van der Waals surface area contributed by atoms with Crippen LogP contribution in [0.3, 0.4) is 0 Å². The van der Waals surface area contributed by atoms with E-state index in [0.717, 1.165) is 0 Å². The molecule has 0 aromatic heterocycles. The second-order valence-electron chi connectivity index (χ2n) is 8.34. The molecular weight excluding hydrogens is 407 g/mol. The van der Waals surface area contributed by atoms with Crippen LogP contribution < -0.4 is 0 Å². The van der Waals surface area contributed by atoms with Crippen LogP contribution in [0.25, 0.3) is 0 Å². The van der Waals surface area contributed by atoms with E-state index >= 15 is 0 Å². The van der Waals surface area contributed by atoms with Crippen molar-refractivity contribution >= 4 is 18.4 Å². The SMILES string of the molecule is CCCCCCCCCC/C=[CH]/[Sn]([CH2]CCC)([CH2]CCC)[CH2]CCC. The number of hydrogen-bond acceptors (Lipinski definition) is 0. The molecule has 0 rings (SSSR count). The minimum absolute atomic E-state index is 1.36. The molecule has 150 valence electrons. The van der Waals surface area contributed by atoms with Gasteiger partial charge in [-0.1, -0.05) is 0 Å². The third-order valence-corrected chi connectivity index (χ3v) is 20.0. The van der Waals surface area contributed by atoms with Gasteiger partial charge in [0.15, 0.2) is 0 Å². The maximum atomic E-state index is 2.87. The van der Waals surface area contributed by atoms with E-state index in [1.165, 1.54) is 96.3 Å². The molecule has 0 aromatic rings. The molecule has 0 unspecified atom stereocenters. The molecule has 0 bridgehead atoms. The molecule has 0 aliphatic carbocycles. The molecule has 0 radical (unpaired) electrons. The summed E-state index contributed by atoms with van der Waals surface area (Å²) in [5.41, 5.74) is 0. The van der Waals surface area contributed by atoms with Crippen molar-refractivity contribution < 1.29 is 0 Å². The fourth-order valence-electron chi connectivity index (χ4n) is 3.94. The van der Waals surface area contributed by atoms with E-state index in [2.05, 4.69) is 37.9 Å². The summed E-state index contributed by atoms with van der Waals surface area (Å²) in [6.45, 7) is 9.43. The number of unbranched alkanes of at least 4 members (excludes halogenated alkanes) is 11. The summed E-state index contributed by atoms with van der Waals surface area (Å²) in [6.07, 6.45) is 24.2. The first kappa shape index (κ1) is 25.5. The topological polar surface area (TPSA) is 0 Å². The number of allylic oxidation sites excluding steroid dienone is 1. The number of rotatable bonds is 19. The second-order valence-corrected chi connectivity index (χ2v) is 21.3. The normalized spacial score (nSPS) is 12.3. The molecule has 0 heterocycles. The molecule has 25 heavy (non-hydrogen) atoms. The zero-order valence-electron chi connectivity index (χ0n) is 18.4. The fourth-order valence-corrected chi connectivity index (χ4v) is 18.5. The van der Waals surface area contributed by atoms with Crippen molar-refractivity contribution in [3.63, 3.8) is 0 Å². The minimum atomic E-state index is -1.97. The van der Waals surface area contributed by atoms with Crippen molar-refractivity contribution in [2.24, 2.45) is 0 Å². The summed E-state index contributed by atoms with van der Waals surface area (Å²) < 4.78 is 7.74. The zero-order chi connectivity index (χ0) is 18.6. The van der Waals surface area contributed by atoms with Crippen LogP contribution in [0.2, 0.25) is 13.3 Å². The van der Waals surface area contributed by atoms with E-state index in [4.69, 9.17) is 0 Å². The van der Waals surface area contributed by atoms with Gasteiger partial charge in [0, 0.05) is 0 Å². The van der Waals surface area contributed by atoms with Crippen LogP contribution in [0.5, 0.6) is 0 Å². The van der Waals surface area contributed by atoms with Gasteiger partial charge in [-0.2, -0.15) is 0 Å². The van der Waals surface area contributed by atoms with E-state index < -0.39 is 18.4 Å². The van der Waals surface area contributed by atoms with E-state index in [0.29, 0.717) is 0 Å². The van der Waals surface area contributed by atoms with Gasteiger partial charge < -0.3 is 0 Å².